The number of aromatic nitrogens is 4. The number of hydrogen-bond acceptors (Lipinski definition) is 6. The number of fused-ring (bicyclic) bond motifs is 2. The van der Waals surface area contributed by atoms with Crippen molar-refractivity contribution in [1.29, 1.82) is 0 Å². The first-order valence-corrected chi connectivity index (χ1v) is 9.59. The highest BCUT2D eigenvalue weighted by atomic mass is 16.5. The lowest BCUT2D eigenvalue weighted by molar-refractivity contribution is 0.0923. The van der Waals surface area contributed by atoms with Crippen molar-refractivity contribution in [2.45, 2.75) is 33.2 Å². The minimum Gasteiger partial charge on any atom is -0.490 e. The van der Waals surface area contributed by atoms with Gasteiger partial charge in [0, 0.05) is 12.6 Å². The molecule has 0 unspecified atom stereocenters. The molecule has 0 saturated heterocycles. The second-order valence-corrected chi connectivity index (χ2v) is 7.37. The molecule has 0 saturated carbocycles. The zero-order chi connectivity index (χ0) is 20.5. The number of hydrogen-bond donors (Lipinski definition) is 2. The highest BCUT2D eigenvalue weighted by molar-refractivity contribution is 5.94. The molecule has 0 bridgehead atoms. The summed E-state index contributed by atoms with van der Waals surface area (Å²) in [6.07, 6.45) is 2.08. The lowest BCUT2D eigenvalue weighted by Gasteiger charge is -2.23. The number of ether oxygens (including phenoxy) is 2. The van der Waals surface area contributed by atoms with E-state index >= 15 is 0 Å². The molecule has 0 radical (unpaired) electrons. The van der Waals surface area contributed by atoms with E-state index in [0.29, 0.717) is 30.5 Å². The molecule has 4 rings (SSSR count). The number of carbonyl (C=O) groups is 1. The van der Waals surface area contributed by atoms with Crippen molar-refractivity contribution in [2.75, 3.05) is 13.2 Å². The molecule has 29 heavy (non-hydrogen) atoms. The van der Waals surface area contributed by atoms with Gasteiger partial charge in [-0.25, -0.2) is 4.98 Å². The van der Waals surface area contributed by atoms with Gasteiger partial charge in [0.15, 0.2) is 11.5 Å². The summed E-state index contributed by atoms with van der Waals surface area (Å²) in [7, 11) is 0. The molecule has 0 spiro atoms. The smallest absolute Gasteiger partial charge is 0.286 e. The number of aromatic amines is 1. The van der Waals surface area contributed by atoms with Crippen molar-refractivity contribution < 1.29 is 14.3 Å². The Morgan fingerprint density at radius 3 is 2.76 bits per heavy atom. The van der Waals surface area contributed by atoms with Gasteiger partial charge in [-0.3, -0.25) is 14.7 Å². The largest absolute Gasteiger partial charge is 0.490 e. The van der Waals surface area contributed by atoms with Gasteiger partial charge in [-0.05, 0) is 30.5 Å². The third kappa shape index (κ3) is 3.67. The van der Waals surface area contributed by atoms with E-state index in [0.717, 1.165) is 12.0 Å². The van der Waals surface area contributed by atoms with Crippen LogP contribution in [0.3, 0.4) is 0 Å². The minimum absolute atomic E-state index is 0.0499. The third-order valence-corrected chi connectivity index (χ3v) is 4.81. The van der Waals surface area contributed by atoms with Crippen LogP contribution in [-0.2, 0) is 0 Å². The second-order valence-electron chi connectivity index (χ2n) is 7.37. The van der Waals surface area contributed by atoms with Crippen molar-refractivity contribution in [3.05, 3.63) is 51.7 Å². The van der Waals surface area contributed by atoms with Crippen LogP contribution in [0.15, 0.2) is 29.2 Å². The van der Waals surface area contributed by atoms with Gasteiger partial charge < -0.3 is 14.8 Å². The van der Waals surface area contributed by atoms with E-state index in [1.54, 1.807) is 6.92 Å². The monoisotopic (exact) mass is 397 g/mol. The Labute approximate surface area is 167 Å². The number of carbonyl (C=O) groups excluding carboxylic acids is 1. The molecular formula is C20H23N5O4. The molecule has 1 aromatic carbocycles. The fraction of sp³-hybridized carbons (Fsp3) is 0.400. The molecule has 3 heterocycles. The Morgan fingerprint density at radius 2 is 2.00 bits per heavy atom. The predicted octanol–water partition coefficient (Wildman–Crippen LogP) is 2.01. The fourth-order valence-corrected chi connectivity index (χ4v) is 3.35. The van der Waals surface area contributed by atoms with Crippen LogP contribution in [0.5, 0.6) is 11.5 Å². The van der Waals surface area contributed by atoms with E-state index in [1.165, 1.54) is 10.7 Å². The number of nitrogens with one attached hydrogen (secondary N) is 2. The summed E-state index contributed by atoms with van der Waals surface area (Å²) in [4.78, 5) is 33.7. The summed E-state index contributed by atoms with van der Waals surface area (Å²) in [5.74, 6) is 1.72. The summed E-state index contributed by atoms with van der Waals surface area (Å²) in [6.45, 7) is 6.91. The summed E-state index contributed by atoms with van der Waals surface area (Å²) < 4.78 is 12.6. The van der Waals surface area contributed by atoms with Crippen LogP contribution in [0.25, 0.3) is 5.78 Å². The molecule has 9 heteroatoms. The SMILES string of the molecule is Cc1nc2ncc(C(=O)N[C@H](c3ccc4c(c3)OCCCO4)C(C)C)c(=O)n2[nH]1. The van der Waals surface area contributed by atoms with Gasteiger partial charge >= 0.3 is 0 Å². The van der Waals surface area contributed by atoms with Crippen molar-refractivity contribution in [1.82, 2.24) is 24.9 Å². The number of benzene rings is 1. The zero-order valence-corrected chi connectivity index (χ0v) is 16.6. The zero-order valence-electron chi connectivity index (χ0n) is 16.6. The first kappa shape index (κ1) is 19.0. The molecule has 1 amide bonds. The summed E-state index contributed by atoms with van der Waals surface area (Å²) >= 11 is 0. The molecule has 1 aliphatic rings. The van der Waals surface area contributed by atoms with Gasteiger partial charge in [-0.15, -0.1) is 0 Å². The van der Waals surface area contributed by atoms with Crippen molar-refractivity contribution in [2.24, 2.45) is 5.92 Å². The molecule has 0 fully saturated rings. The summed E-state index contributed by atoms with van der Waals surface area (Å²) in [5, 5.41) is 5.75. The number of H-pyrrole nitrogens is 1. The lowest BCUT2D eigenvalue weighted by Crippen LogP contribution is -2.36. The standard InChI is InChI=1S/C20H23N5O4/c1-11(2)17(13-5-6-15-16(9-13)29-8-4-7-28-15)23-18(26)14-10-21-20-22-12(3)24-25(20)19(14)27/h5-6,9-11,17H,4,7-8H2,1-3H3,(H,23,26)(H,21,22,24)/t17-/m0/s1. The maximum Gasteiger partial charge on any atom is 0.286 e. The summed E-state index contributed by atoms with van der Waals surface area (Å²) in [6, 6.07) is 5.33. The summed E-state index contributed by atoms with van der Waals surface area (Å²) in [5.41, 5.74) is 0.338. The maximum atomic E-state index is 12.9. The number of amides is 1. The molecule has 152 valence electrons. The lowest BCUT2D eigenvalue weighted by atomic mass is 9.95. The Kier molecular flexibility index (Phi) is 4.96. The Balaban J connectivity index is 1.64. The van der Waals surface area contributed by atoms with Gasteiger partial charge in [-0.1, -0.05) is 19.9 Å². The van der Waals surface area contributed by atoms with Crippen molar-refractivity contribution >= 4 is 11.7 Å². The Bertz CT molecular complexity index is 1120. The molecular weight excluding hydrogens is 374 g/mol. The Hall–Kier alpha value is -3.36. The van der Waals surface area contributed by atoms with Gasteiger partial charge in [0.25, 0.3) is 17.2 Å². The van der Waals surface area contributed by atoms with Crippen molar-refractivity contribution in [3.8, 4) is 11.5 Å². The van der Waals surface area contributed by atoms with Crippen LogP contribution in [0.1, 0.15) is 48.1 Å². The quantitative estimate of drug-likeness (QED) is 0.697. The number of rotatable bonds is 4. The second kappa shape index (κ2) is 7.57. The first-order chi connectivity index (χ1) is 13.9. The van der Waals surface area contributed by atoms with Crippen LogP contribution in [-0.4, -0.2) is 38.7 Å². The van der Waals surface area contributed by atoms with Crippen LogP contribution in [0, 0.1) is 12.8 Å². The third-order valence-electron chi connectivity index (χ3n) is 4.81. The molecule has 0 aliphatic carbocycles. The van der Waals surface area contributed by atoms with Crippen LogP contribution >= 0.6 is 0 Å². The van der Waals surface area contributed by atoms with E-state index in [2.05, 4.69) is 20.4 Å². The highest BCUT2D eigenvalue weighted by Crippen LogP contribution is 2.34. The van der Waals surface area contributed by atoms with E-state index in [-0.39, 0.29) is 23.3 Å². The molecule has 9 nitrogen and oxygen atoms in total. The predicted molar refractivity (Wildman–Crippen MR) is 105 cm³/mol. The average molecular weight is 397 g/mol. The normalized spacial score (nSPS) is 14.6. The van der Waals surface area contributed by atoms with Crippen LogP contribution in [0.4, 0.5) is 0 Å². The average Bonchev–Trinajstić information content (AvgIpc) is 2.92. The van der Waals surface area contributed by atoms with Crippen LogP contribution in [0.2, 0.25) is 0 Å². The minimum atomic E-state index is -0.491. The van der Waals surface area contributed by atoms with E-state index < -0.39 is 11.5 Å². The molecule has 2 aromatic heterocycles. The fourth-order valence-electron chi connectivity index (χ4n) is 3.35. The van der Waals surface area contributed by atoms with E-state index in [1.807, 2.05) is 32.0 Å². The van der Waals surface area contributed by atoms with Gasteiger partial charge in [-0.2, -0.15) is 9.50 Å². The molecule has 3 aromatic rings. The van der Waals surface area contributed by atoms with Gasteiger partial charge in [0.1, 0.15) is 11.4 Å². The maximum absolute atomic E-state index is 12.9. The molecule has 1 aliphatic heterocycles. The van der Waals surface area contributed by atoms with Gasteiger partial charge in [0.2, 0.25) is 0 Å². The number of nitrogens with zero attached hydrogens (tertiary/aromatic N) is 3. The van der Waals surface area contributed by atoms with E-state index in [9.17, 15) is 9.59 Å². The topological polar surface area (TPSA) is 111 Å². The molecule has 2 N–H and O–H groups in total. The molecule has 1 atom stereocenters. The van der Waals surface area contributed by atoms with E-state index in [4.69, 9.17) is 9.47 Å². The van der Waals surface area contributed by atoms with Crippen molar-refractivity contribution in [3.63, 3.8) is 0 Å². The Morgan fingerprint density at radius 1 is 1.24 bits per heavy atom. The first-order valence-electron chi connectivity index (χ1n) is 9.59. The van der Waals surface area contributed by atoms with Gasteiger partial charge in [0.05, 0.1) is 19.3 Å². The van der Waals surface area contributed by atoms with Crippen LogP contribution < -0.4 is 20.3 Å². The number of aryl methyl sites for hydroxylation is 1. The highest BCUT2D eigenvalue weighted by Gasteiger charge is 2.24.